The van der Waals surface area contributed by atoms with Gasteiger partial charge in [-0.15, -0.1) is 11.3 Å². The van der Waals surface area contributed by atoms with Crippen molar-refractivity contribution in [1.82, 2.24) is 14.9 Å². The fourth-order valence-corrected chi connectivity index (χ4v) is 3.63. The molecule has 1 amide bonds. The molecular weight excluding hydrogens is 300 g/mol. The number of nitrogens with zero attached hydrogens (tertiary/aromatic N) is 4. The molecule has 0 atom stereocenters. The van der Waals surface area contributed by atoms with Crippen LogP contribution in [0.15, 0.2) is 12.4 Å². The normalized spacial score (nSPS) is 16.3. The highest BCUT2D eigenvalue weighted by Crippen LogP contribution is 2.36. The lowest BCUT2D eigenvalue weighted by atomic mass is 9.94. The van der Waals surface area contributed by atoms with Crippen LogP contribution in [0.4, 0.5) is 10.6 Å². The molecule has 1 saturated heterocycles. The zero-order chi connectivity index (χ0) is 15.9. The number of carbonyl (C=O) groups is 1. The second-order valence-corrected chi connectivity index (χ2v) is 7.56. The Morgan fingerprint density at radius 2 is 1.91 bits per heavy atom. The third-order valence-electron chi connectivity index (χ3n) is 3.90. The zero-order valence-electron chi connectivity index (χ0n) is 13.0. The molecule has 0 unspecified atom stereocenters. The average Bonchev–Trinajstić information content (AvgIpc) is 2.91. The van der Waals surface area contributed by atoms with Crippen molar-refractivity contribution >= 4 is 33.5 Å². The summed E-state index contributed by atoms with van der Waals surface area (Å²) in [6, 6.07) is 2.18. The number of piperazine rings is 1. The number of aromatic nitrogens is 2. The SMILES string of the molecule is CC(C)(C)c1cc2c(N3CCN(C(=O)O)CC3)ncnc2s1. The molecule has 2 aromatic heterocycles. The second-order valence-electron chi connectivity index (χ2n) is 6.53. The molecule has 0 aliphatic carbocycles. The molecule has 118 valence electrons. The highest BCUT2D eigenvalue weighted by Gasteiger charge is 2.24. The van der Waals surface area contributed by atoms with E-state index in [0.717, 1.165) is 16.0 Å². The van der Waals surface area contributed by atoms with Crippen LogP contribution in [-0.2, 0) is 5.41 Å². The van der Waals surface area contributed by atoms with Gasteiger partial charge in [-0.2, -0.15) is 0 Å². The fourth-order valence-electron chi connectivity index (χ4n) is 2.57. The Morgan fingerprint density at radius 3 is 2.50 bits per heavy atom. The Balaban J connectivity index is 1.91. The van der Waals surface area contributed by atoms with E-state index in [1.165, 1.54) is 9.78 Å². The van der Waals surface area contributed by atoms with Crippen LogP contribution in [0, 0.1) is 0 Å². The van der Waals surface area contributed by atoms with Gasteiger partial charge in [-0.25, -0.2) is 14.8 Å². The van der Waals surface area contributed by atoms with Crippen LogP contribution in [0.25, 0.3) is 10.2 Å². The summed E-state index contributed by atoms with van der Waals surface area (Å²) < 4.78 is 0. The Bertz CT molecular complexity index is 699. The molecule has 1 fully saturated rings. The number of hydrogen-bond acceptors (Lipinski definition) is 5. The first-order valence-corrected chi connectivity index (χ1v) is 8.16. The standard InChI is InChI=1S/C15H20N4O2S/c1-15(2,3)11-8-10-12(16-9-17-13(10)22-11)18-4-6-19(7-5-18)14(20)21/h8-9H,4-7H2,1-3H3,(H,20,21). The number of carboxylic acid groups (broad SMARTS) is 1. The molecule has 0 aromatic carbocycles. The number of amides is 1. The van der Waals surface area contributed by atoms with Gasteiger partial charge < -0.3 is 14.9 Å². The lowest BCUT2D eigenvalue weighted by Gasteiger charge is -2.34. The van der Waals surface area contributed by atoms with Gasteiger partial charge in [-0.1, -0.05) is 20.8 Å². The van der Waals surface area contributed by atoms with E-state index in [2.05, 4.69) is 41.7 Å². The molecule has 3 rings (SSSR count). The summed E-state index contributed by atoms with van der Waals surface area (Å²) in [5.74, 6) is 0.918. The van der Waals surface area contributed by atoms with Gasteiger partial charge in [0.25, 0.3) is 0 Å². The zero-order valence-corrected chi connectivity index (χ0v) is 13.9. The monoisotopic (exact) mass is 320 g/mol. The van der Waals surface area contributed by atoms with Crippen LogP contribution in [0.5, 0.6) is 0 Å². The fraction of sp³-hybridized carbons (Fsp3) is 0.533. The average molecular weight is 320 g/mol. The predicted octanol–water partition coefficient (Wildman–Crippen LogP) is 2.79. The lowest BCUT2D eigenvalue weighted by molar-refractivity contribution is 0.142. The predicted molar refractivity (Wildman–Crippen MR) is 87.9 cm³/mol. The van der Waals surface area contributed by atoms with Crippen molar-refractivity contribution in [3.05, 3.63) is 17.3 Å². The van der Waals surface area contributed by atoms with Gasteiger partial charge in [0.05, 0.1) is 5.39 Å². The second kappa shape index (κ2) is 5.39. The summed E-state index contributed by atoms with van der Waals surface area (Å²) in [4.78, 5) is 25.7. The summed E-state index contributed by atoms with van der Waals surface area (Å²) in [6.45, 7) is 8.93. The van der Waals surface area contributed by atoms with Gasteiger partial charge >= 0.3 is 6.09 Å². The van der Waals surface area contributed by atoms with Crippen LogP contribution < -0.4 is 4.90 Å². The summed E-state index contributed by atoms with van der Waals surface area (Å²) >= 11 is 1.71. The minimum Gasteiger partial charge on any atom is -0.465 e. The van der Waals surface area contributed by atoms with E-state index < -0.39 is 6.09 Å². The maximum atomic E-state index is 11.0. The van der Waals surface area contributed by atoms with Crippen LogP contribution in [0.2, 0.25) is 0 Å². The molecule has 7 heteroatoms. The van der Waals surface area contributed by atoms with Crippen molar-refractivity contribution in [2.24, 2.45) is 0 Å². The Labute approximate surface area is 133 Å². The molecule has 6 nitrogen and oxygen atoms in total. The number of anilines is 1. The van der Waals surface area contributed by atoms with Crippen LogP contribution in [-0.4, -0.2) is 52.2 Å². The molecular formula is C15H20N4O2S. The van der Waals surface area contributed by atoms with Gasteiger partial charge in [-0.05, 0) is 11.5 Å². The summed E-state index contributed by atoms with van der Waals surface area (Å²) in [6.07, 6.45) is 0.752. The molecule has 1 N–H and O–H groups in total. The Morgan fingerprint density at radius 1 is 1.23 bits per heavy atom. The van der Waals surface area contributed by atoms with Crippen molar-refractivity contribution in [2.45, 2.75) is 26.2 Å². The minimum atomic E-state index is -0.849. The van der Waals surface area contributed by atoms with Gasteiger partial charge in [-0.3, -0.25) is 0 Å². The topological polar surface area (TPSA) is 69.6 Å². The lowest BCUT2D eigenvalue weighted by Crippen LogP contribution is -2.48. The van der Waals surface area contributed by atoms with Gasteiger partial charge in [0, 0.05) is 31.1 Å². The third-order valence-corrected chi connectivity index (χ3v) is 5.37. The molecule has 22 heavy (non-hydrogen) atoms. The van der Waals surface area contributed by atoms with E-state index in [0.29, 0.717) is 26.2 Å². The number of thiophene rings is 1. The van der Waals surface area contributed by atoms with E-state index in [9.17, 15) is 4.79 Å². The summed E-state index contributed by atoms with van der Waals surface area (Å²) in [5.41, 5.74) is 0.0879. The van der Waals surface area contributed by atoms with Crippen LogP contribution in [0.3, 0.4) is 0 Å². The van der Waals surface area contributed by atoms with Gasteiger partial charge in [0.2, 0.25) is 0 Å². The highest BCUT2D eigenvalue weighted by atomic mass is 32.1. The van der Waals surface area contributed by atoms with E-state index in [1.54, 1.807) is 17.7 Å². The van der Waals surface area contributed by atoms with Gasteiger partial charge in [0.15, 0.2) is 0 Å². The van der Waals surface area contributed by atoms with Crippen molar-refractivity contribution in [3.63, 3.8) is 0 Å². The summed E-state index contributed by atoms with van der Waals surface area (Å²) in [5, 5.41) is 10.1. The first-order valence-electron chi connectivity index (χ1n) is 7.34. The number of rotatable bonds is 1. The molecule has 1 aliphatic heterocycles. The first-order chi connectivity index (χ1) is 10.4. The number of hydrogen-bond donors (Lipinski definition) is 1. The van der Waals surface area contributed by atoms with Crippen LogP contribution >= 0.6 is 11.3 Å². The molecule has 3 heterocycles. The van der Waals surface area contributed by atoms with E-state index >= 15 is 0 Å². The highest BCUT2D eigenvalue weighted by molar-refractivity contribution is 7.18. The molecule has 1 aliphatic rings. The minimum absolute atomic E-state index is 0.0879. The summed E-state index contributed by atoms with van der Waals surface area (Å²) in [7, 11) is 0. The maximum Gasteiger partial charge on any atom is 0.407 e. The van der Waals surface area contributed by atoms with Crippen molar-refractivity contribution in [1.29, 1.82) is 0 Å². The van der Waals surface area contributed by atoms with Crippen molar-refractivity contribution < 1.29 is 9.90 Å². The van der Waals surface area contributed by atoms with Gasteiger partial charge in [0.1, 0.15) is 17.0 Å². The molecule has 0 saturated carbocycles. The Hall–Kier alpha value is -1.89. The van der Waals surface area contributed by atoms with Crippen molar-refractivity contribution in [3.8, 4) is 0 Å². The van der Waals surface area contributed by atoms with E-state index in [4.69, 9.17) is 5.11 Å². The van der Waals surface area contributed by atoms with E-state index in [-0.39, 0.29) is 5.41 Å². The Kier molecular flexibility index (Phi) is 3.68. The molecule has 0 spiro atoms. The molecule has 0 radical (unpaired) electrons. The number of fused-ring (bicyclic) bond motifs is 1. The quantitative estimate of drug-likeness (QED) is 0.875. The third kappa shape index (κ3) is 2.72. The molecule has 2 aromatic rings. The van der Waals surface area contributed by atoms with Crippen LogP contribution in [0.1, 0.15) is 25.6 Å². The smallest absolute Gasteiger partial charge is 0.407 e. The van der Waals surface area contributed by atoms with E-state index in [1.807, 2.05) is 0 Å². The maximum absolute atomic E-state index is 11.0. The first kappa shape index (κ1) is 15.0. The van der Waals surface area contributed by atoms with Crippen molar-refractivity contribution in [2.75, 3.05) is 31.1 Å². The molecule has 0 bridgehead atoms. The largest absolute Gasteiger partial charge is 0.465 e.